The smallest absolute Gasteiger partial charge is 0.306 e. The molecule has 0 aliphatic heterocycles. The Kier molecular flexibility index (Phi) is 2.17. The van der Waals surface area contributed by atoms with Gasteiger partial charge in [0.2, 0.25) is 0 Å². The first-order valence-electron chi connectivity index (χ1n) is 4.04. The Morgan fingerprint density at radius 3 is 2.47 bits per heavy atom. The Morgan fingerprint density at radius 2 is 2.00 bits per heavy atom. The fourth-order valence-electron chi connectivity index (χ4n) is 1.14. The van der Waals surface area contributed by atoms with Gasteiger partial charge >= 0.3 is 6.01 Å². The summed E-state index contributed by atoms with van der Waals surface area (Å²) in [5.41, 5.74) is 0.846. The van der Waals surface area contributed by atoms with Gasteiger partial charge in [0.1, 0.15) is 5.69 Å². The van der Waals surface area contributed by atoms with Crippen molar-refractivity contribution >= 4 is 5.69 Å². The lowest BCUT2D eigenvalue weighted by molar-refractivity contribution is -0.384. The third kappa shape index (κ3) is 1.83. The van der Waals surface area contributed by atoms with Gasteiger partial charge in [-0.2, -0.15) is 4.39 Å². The highest BCUT2D eigenvalue weighted by atomic mass is 19.1. The number of hydrogen-bond acceptors (Lipinski definition) is 4. The van der Waals surface area contributed by atoms with E-state index in [0.717, 1.165) is 6.07 Å². The van der Waals surface area contributed by atoms with Crippen LogP contribution in [0.4, 0.5) is 10.1 Å². The number of non-ortho nitro benzene ring substituents is 1. The van der Waals surface area contributed by atoms with Crippen LogP contribution in [0.3, 0.4) is 0 Å². The van der Waals surface area contributed by atoms with E-state index in [9.17, 15) is 14.5 Å². The molecule has 0 aliphatic carbocycles. The molecule has 15 heavy (non-hydrogen) atoms. The Balaban J connectivity index is 2.35. The zero-order chi connectivity index (χ0) is 10.8. The second kappa shape index (κ2) is 3.49. The van der Waals surface area contributed by atoms with Crippen LogP contribution in [0, 0.1) is 16.1 Å². The molecule has 0 aliphatic rings. The molecule has 2 rings (SSSR count). The van der Waals surface area contributed by atoms with E-state index >= 15 is 0 Å². The number of nitrogens with zero attached hydrogens (tertiary/aromatic N) is 2. The summed E-state index contributed by atoms with van der Waals surface area (Å²) in [5, 5.41) is 13.8. The maximum absolute atomic E-state index is 12.5. The molecule has 6 heteroatoms. The SMILES string of the molecule is O=[N+]([O-])c1ccc(-c2cc(F)on2)cc1. The van der Waals surface area contributed by atoms with Gasteiger partial charge in [-0.05, 0) is 12.1 Å². The maximum Gasteiger partial charge on any atom is 0.306 e. The predicted octanol–water partition coefficient (Wildman–Crippen LogP) is 2.39. The van der Waals surface area contributed by atoms with Crippen LogP contribution in [-0.4, -0.2) is 10.1 Å². The van der Waals surface area contributed by atoms with Crippen LogP contribution in [0.15, 0.2) is 34.9 Å². The number of halogens is 1. The molecule has 0 fully saturated rings. The minimum atomic E-state index is -0.789. The van der Waals surface area contributed by atoms with E-state index < -0.39 is 10.9 Å². The molecule has 1 aromatic carbocycles. The normalized spacial score (nSPS) is 10.2. The van der Waals surface area contributed by atoms with E-state index in [1.807, 2.05) is 0 Å². The summed E-state index contributed by atoms with van der Waals surface area (Å²) in [6.45, 7) is 0. The van der Waals surface area contributed by atoms with E-state index in [-0.39, 0.29) is 5.69 Å². The molecule has 0 N–H and O–H groups in total. The molecular weight excluding hydrogens is 203 g/mol. The van der Waals surface area contributed by atoms with Crippen molar-refractivity contribution in [1.29, 1.82) is 0 Å². The number of aromatic nitrogens is 1. The average molecular weight is 208 g/mol. The highest BCUT2D eigenvalue weighted by molar-refractivity contribution is 5.59. The molecular formula is C9H5FN2O3. The fourth-order valence-corrected chi connectivity index (χ4v) is 1.14. The zero-order valence-electron chi connectivity index (χ0n) is 7.38. The lowest BCUT2D eigenvalue weighted by Crippen LogP contribution is -1.87. The molecule has 0 saturated heterocycles. The molecule has 0 amide bonds. The topological polar surface area (TPSA) is 69.2 Å². The van der Waals surface area contributed by atoms with Crippen LogP contribution in [0.1, 0.15) is 0 Å². The van der Waals surface area contributed by atoms with Crippen molar-refractivity contribution in [2.45, 2.75) is 0 Å². The second-order valence-electron chi connectivity index (χ2n) is 2.82. The van der Waals surface area contributed by atoms with Crippen molar-refractivity contribution in [3.8, 4) is 11.3 Å². The van der Waals surface area contributed by atoms with Crippen molar-refractivity contribution in [3.05, 3.63) is 46.5 Å². The Labute approximate surface area is 83.3 Å². The Hall–Kier alpha value is -2.24. The third-order valence-corrected chi connectivity index (χ3v) is 1.86. The average Bonchev–Trinajstić information content (AvgIpc) is 2.65. The molecule has 0 radical (unpaired) electrons. The van der Waals surface area contributed by atoms with Crippen molar-refractivity contribution in [2.75, 3.05) is 0 Å². The molecule has 0 atom stereocenters. The standard InChI is InChI=1S/C9H5FN2O3/c10-9-5-8(11-15-9)6-1-3-7(4-2-6)12(13)14/h1-5H. The van der Waals surface area contributed by atoms with Gasteiger partial charge in [-0.25, -0.2) is 0 Å². The summed E-state index contributed by atoms with van der Waals surface area (Å²) in [5.74, 6) is 0. The van der Waals surface area contributed by atoms with Gasteiger partial charge in [-0.3, -0.25) is 10.1 Å². The van der Waals surface area contributed by atoms with Crippen molar-refractivity contribution in [2.24, 2.45) is 0 Å². The maximum atomic E-state index is 12.5. The molecule has 0 saturated carbocycles. The summed E-state index contributed by atoms with van der Waals surface area (Å²) in [4.78, 5) is 9.86. The van der Waals surface area contributed by atoms with Gasteiger partial charge < -0.3 is 4.52 Å². The molecule has 5 nitrogen and oxygen atoms in total. The quantitative estimate of drug-likeness (QED) is 0.561. The van der Waals surface area contributed by atoms with Gasteiger partial charge in [0.15, 0.2) is 0 Å². The van der Waals surface area contributed by atoms with E-state index in [4.69, 9.17) is 0 Å². The van der Waals surface area contributed by atoms with Gasteiger partial charge in [-0.15, -0.1) is 0 Å². The van der Waals surface area contributed by atoms with E-state index in [0.29, 0.717) is 11.3 Å². The third-order valence-electron chi connectivity index (χ3n) is 1.86. The first kappa shape index (κ1) is 9.32. The summed E-state index contributed by atoms with van der Waals surface area (Å²) in [6, 6.07) is 5.93. The predicted molar refractivity (Wildman–Crippen MR) is 48.6 cm³/mol. The number of benzene rings is 1. The zero-order valence-corrected chi connectivity index (χ0v) is 7.38. The highest BCUT2D eigenvalue weighted by Crippen LogP contribution is 2.21. The largest absolute Gasteiger partial charge is 0.325 e. The van der Waals surface area contributed by atoms with Crippen LogP contribution in [0.5, 0.6) is 0 Å². The number of rotatable bonds is 2. The van der Waals surface area contributed by atoms with Gasteiger partial charge in [-0.1, -0.05) is 5.16 Å². The van der Waals surface area contributed by atoms with E-state index in [1.165, 1.54) is 24.3 Å². The lowest BCUT2D eigenvalue weighted by Gasteiger charge is -1.94. The van der Waals surface area contributed by atoms with Crippen molar-refractivity contribution in [1.82, 2.24) is 5.16 Å². The lowest BCUT2D eigenvalue weighted by atomic mass is 10.1. The molecule has 0 bridgehead atoms. The first-order valence-corrected chi connectivity index (χ1v) is 4.04. The molecule has 2 aromatic rings. The highest BCUT2D eigenvalue weighted by Gasteiger charge is 2.08. The molecule has 0 unspecified atom stereocenters. The van der Waals surface area contributed by atoms with Gasteiger partial charge in [0.05, 0.1) is 4.92 Å². The van der Waals surface area contributed by atoms with Crippen LogP contribution in [0.25, 0.3) is 11.3 Å². The summed E-state index contributed by atoms with van der Waals surface area (Å²) in [6.07, 6.45) is 0. The minimum Gasteiger partial charge on any atom is -0.325 e. The Morgan fingerprint density at radius 1 is 1.33 bits per heavy atom. The number of nitro groups is 1. The fraction of sp³-hybridized carbons (Fsp3) is 0. The van der Waals surface area contributed by atoms with Crippen LogP contribution < -0.4 is 0 Å². The Bertz CT molecular complexity index is 492. The van der Waals surface area contributed by atoms with Crippen LogP contribution in [0.2, 0.25) is 0 Å². The van der Waals surface area contributed by atoms with E-state index in [2.05, 4.69) is 9.68 Å². The van der Waals surface area contributed by atoms with Gasteiger partial charge in [0, 0.05) is 23.8 Å². The molecule has 76 valence electrons. The molecule has 1 heterocycles. The van der Waals surface area contributed by atoms with Crippen molar-refractivity contribution < 1.29 is 13.8 Å². The number of nitro benzene ring substituents is 1. The molecule has 0 spiro atoms. The summed E-state index contributed by atoms with van der Waals surface area (Å²) in [7, 11) is 0. The van der Waals surface area contributed by atoms with Gasteiger partial charge in [0.25, 0.3) is 5.69 Å². The van der Waals surface area contributed by atoms with E-state index in [1.54, 1.807) is 0 Å². The monoisotopic (exact) mass is 208 g/mol. The second-order valence-corrected chi connectivity index (χ2v) is 2.82. The van der Waals surface area contributed by atoms with Crippen molar-refractivity contribution in [3.63, 3.8) is 0 Å². The van der Waals surface area contributed by atoms with Crippen LogP contribution in [-0.2, 0) is 0 Å². The summed E-state index contributed by atoms with van der Waals surface area (Å²) < 4.78 is 16.7. The summed E-state index contributed by atoms with van der Waals surface area (Å²) >= 11 is 0. The minimum absolute atomic E-state index is 0.0253. The first-order chi connectivity index (χ1) is 7.16. The van der Waals surface area contributed by atoms with Crippen LogP contribution >= 0.6 is 0 Å². The molecule has 1 aromatic heterocycles. The number of hydrogen-bond donors (Lipinski definition) is 0.